The fourth-order valence-corrected chi connectivity index (χ4v) is 2.20. The van der Waals surface area contributed by atoms with Gasteiger partial charge < -0.3 is 4.57 Å². The van der Waals surface area contributed by atoms with Gasteiger partial charge in [0.25, 0.3) is 0 Å². The summed E-state index contributed by atoms with van der Waals surface area (Å²) in [5, 5.41) is 16.8. The summed E-state index contributed by atoms with van der Waals surface area (Å²) in [5.41, 5.74) is -1.34. The highest BCUT2D eigenvalue weighted by Crippen LogP contribution is 2.35. The molecule has 1 aromatic heterocycles. The van der Waals surface area contributed by atoms with Gasteiger partial charge in [-0.1, -0.05) is 0 Å². The molecule has 4 nitrogen and oxygen atoms in total. The number of aryl methyl sites for hydroxylation is 1. The predicted molar refractivity (Wildman–Crippen MR) is 61.3 cm³/mol. The number of benzene rings is 1. The number of nitrogens with zero attached hydrogens (tertiary/aromatic N) is 4. The average Bonchev–Trinajstić information content (AvgIpc) is 2.73. The third-order valence-electron chi connectivity index (χ3n) is 2.30. The molecule has 98 valence electrons. The molecular weight excluding hydrogens is 277 g/mol. The Morgan fingerprint density at radius 1 is 1.37 bits per heavy atom. The molecule has 0 aliphatic heterocycles. The van der Waals surface area contributed by atoms with E-state index in [0.29, 0.717) is 10.1 Å². The quantitative estimate of drug-likeness (QED) is 0.851. The second kappa shape index (κ2) is 4.93. The molecule has 2 aromatic rings. The van der Waals surface area contributed by atoms with Crippen molar-refractivity contribution in [1.29, 1.82) is 5.26 Å². The van der Waals surface area contributed by atoms with Gasteiger partial charge in [-0.2, -0.15) is 18.4 Å². The summed E-state index contributed by atoms with van der Waals surface area (Å²) in [4.78, 5) is 0.501. The fourth-order valence-electron chi connectivity index (χ4n) is 1.40. The van der Waals surface area contributed by atoms with Crippen LogP contribution in [0.3, 0.4) is 0 Å². The number of halogens is 3. The Labute approximate surface area is 110 Å². The molecule has 19 heavy (non-hydrogen) atoms. The molecule has 0 aliphatic carbocycles. The van der Waals surface area contributed by atoms with Gasteiger partial charge in [0.1, 0.15) is 6.33 Å². The van der Waals surface area contributed by atoms with E-state index in [4.69, 9.17) is 5.26 Å². The maximum atomic E-state index is 12.6. The number of hydrogen-bond acceptors (Lipinski definition) is 4. The van der Waals surface area contributed by atoms with E-state index in [1.165, 1.54) is 18.5 Å². The Balaban J connectivity index is 2.36. The van der Waals surface area contributed by atoms with Gasteiger partial charge in [0, 0.05) is 11.9 Å². The summed E-state index contributed by atoms with van der Waals surface area (Å²) in [5.74, 6) is 0. The predicted octanol–water partition coefficient (Wildman–Crippen LogP) is 2.86. The summed E-state index contributed by atoms with van der Waals surface area (Å²) in [6, 6.07) is 4.97. The van der Waals surface area contributed by atoms with Gasteiger partial charge >= 0.3 is 6.18 Å². The molecule has 0 aliphatic rings. The van der Waals surface area contributed by atoms with Crippen molar-refractivity contribution in [2.24, 2.45) is 7.05 Å². The Morgan fingerprint density at radius 3 is 2.63 bits per heavy atom. The summed E-state index contributed by atoms with van der Waals surface area (Å²) < 4.78 is 39.5. The Kier molecular flexibility index (Phi) is 3.48. The van der Waals surface area contributed by atoms with E-state index in [1.54, 1.807) is 17.7 Å². The maximum absolute atomic E-state index is 12.6. The van der Waals surface area contributed by atoms with Gasteiger partial charge in [-0.25, -0.2) is 0 Å². The first kappa shape index (κ1) is 13.4. The highest BCUT2D eigenvalue weighted by atomic mass is 32.2. The summed E-state index contributed by atoms with van der Waals surface area (Å²) >= 11 is 1.14. The van der Waals surface area contributed by atoms with Crippen LogP contribution in [0.1, 0.15) is 11.1 Å². The molecule has 0 saturated carbocycles. The number of alkyl halides is 3. The molecular formula is C11H7F3N4S. The summed E-state index contributed by atoms with van der Waals surface area (Å²) in [7, 11) is 1.72. The van der Waals surface area contributed by atoms with Gasteiger partial charge in [-0.05, 0) is 30.0 Å². The van der Waals surface area contributed by atoms with Crippen LogP contribution in [0.2, 0.25) is 0 Å². The monoisotopic (exact) mass is 284 g/mol. The van der Waals surface area contributed by atoms with Gasteiger partial charge in [0.05, 0.1) is 17.2 Å². The normalized spacial score (nSPS) is 11.3. The van der Waals surface area contributed by atoms with Crippen molar-refractivity contribution in [3.63, 3.8) is 0 Å². The van der Waals surface area contributed by atoms with Gasteiger partial charge in [0.2, 0.25) is 0 Å². The Hall–Kier alpha value is -2.01. The molecule has 1 aromatic carbocycles. The molecule has 2 rings (SSSR count). The molecule has 0 radical (unpaired) electrons. The fraction of sp³-hybridized carbons (Fsp3) is 0.182. The zero-order chi connectivity index (χ0) is 14.0. The number of nitriles is 1. The van der Waals surface area contributed by atoms with Gasteiger partial charge in [-0.15, -0.1) is 10.2 Å². The zero-order valence-corrected chi connectivity index (χ0v) is 10.5. The van der Waals surface area contributed by atoms with Crippen LogP contribution in [0.15, 0.2) is 34.6 Å². The third-order valence-corrected chi connectivity index (χ3v) is 3.34. The lowest BCUT2D eigenvalue weighted by atomic mass is 10.1. The van der Waals surface area contributed by atoms with Crippen LogP contribution < -0.4 is 0 Å². The van der Waals surface area contributed by atoms with Crippen LogP contribution in [0.4, 0.5) is 13.2 Å². The van der Waals surface area contributed by atoms with Crippen LogP contribution in [0, 0.1) is 11.3 Å². The van der Waals surface area contributed by atoms with E-state index in [1.807, 2.05) is 0 Å². The Bertz CT molecular complexity index is 642. The van der Waals surface area contributed by atoms with Crippen LogP contribution in [-0.2, 0) is 13.2 Å². The lowest BCUT2D eigenvalue weighted by molar-refractivity contribution is -0.137. The van der Waals surface area contributed by atoms with Crippen molar-refractivity contribution in [2.45, 2.75) is 16.2 Å². The largest absolute Gasteiger partial charge is 0.417 e. The number of rotatable bonds is 2. The van der Waals surface area contributed by atoms with Crippen LogP contribution in [0.5, 0.6) is 0 Å². The van der Waals surface area contributed by atoms with E-state index in [0.717, 1.165) is 17.8 Å². The molecule has 0 saturated heterocycles. The molecule has 0 unspecified atom stereocenters. The van der Waals surface area contributed by atoms with Crippen molar-refractivity contribution in [3.05, 3.63) is 35.7 Å². The maximum Gasteiger partial charge on any atom is 0.417 e. The molecule has 0 N–H and O–H groups in total. The van der Waals surface area contributed by atoms with Crippen molar-refractivity contribution >= 4 is 11.8 Å². The molecule has 0 spiro atoms. The first-order chi connectivity index (χ1) is 8.91. The van der Waals surface area contributed by atoms with Crippen LogP contribution >= 0.6 is 11.8 Å². The van der Waals surface area contributed by atoms with Crippen LogP contribution in [-0.4, -0.2) is 14.8 Å². The minimum atomic E-state index is -4.53. The SMILES string of the molecule is Cn1cnnc1Sc1ccc(C(F)(F)F)c(C#N)c1. The number of hydrogen-bond donors (Lipinski definition) is 0. The van der Waals surface area contributed by atoms with Gasteiger partial charge in [-0.3, -0.25) is 0 Å². The minimum absolute atomic E-state index is 0.403. The molecule has 0 atom stereocenters. The molecule has 1 heterocycles. The highest BCUT2D eigenvalue weighted by Gasteiger charge is 2.33. The Morgan fingerprint density at radius 2 is 2.11 bits per heavy atom. The standard InChI is InChI=1S/C11H7F3N4S/c1-18-6-16-17-10(18)19-8-2-3-9(11(12,13)14)7(4-8)5-15/h2-4,6H,1H3. The summed E-state index contributed by atoms with van der Waals surface area (Å²) in [6.07, 6.45) is -3.04. The molecule has 0 amide bonds. The lowest BCUT2D eigenvalue weighted by Crippen LogP contribution is -2.07. The number of aromatic nitrogens is 3. The lowest BCUT2D eigenvalue weighted by Gasteiger charge is -2.09. The van der Waals surface area contributed by atoms with E-state index in [2.05, 4.69) is 10.2 Å². The van der Waals surface area contributed by atoms with E-state index in [-0.39, 0.29) is 0 Å². The molecule has 8 heteroatoms. The van der Waals surface area contributed by atoms with E-state index in [9.17, 15) is 13.2 Å². The third kappa shape index (κ3) is 2.88. The van der Waals surface area contributed by atoms with Crippen molar-refractivity contribution in [2.75, 3.05) is 0 Å². The average molecular weight is 284 g/mol. The highest BCUT2D eigenvalue weighted by molar-refractivity contribution is 7.99. The van der Waals surface area contributed by atoms with Crippen molar-refractivity contribution in [1.82, 2.24) is 14.8 Å². The van der Waals surface area contributed by atoms with E-state index < -0.39 is 17.3 Å². The minimum Gasteiger partial charge on any atom is -0.311 e. The smallest absolute Gasteiger partial charge is 0.311 e. The second-order valence-electron chi connectivity index (χ2n) is 3.64. The topological polar surface area (TPSA) is 54.5 Å². The summed E-state index contributed by atoms with van der Waals surface area (Å²) in [6.45, 7) is 0. The first-order valence-electron chi connectivity index (χ1n) is 5.05. The second-order valence-corrected chi connectivity index (χ2v) is 4.68. The molecule has 0 bridgehead atoms. The molecule has 0 fully saturated rings. The van der Waals surface area contributed by atoms with Crippen molar-refractivity contribution < 1.29 is 13.2 Å². The van der Waals surface area contributed by atoms with E-state index >= 15 is 0 Å². The van der Waals surface area contributed by atoms with Gasteiger partial charge in [0.15, 0.2) is 5.16 Å². The zero-order valence-electron chi connectivity index (χ0n) is 9.64. The van der Waals surface area contributed by atoms with Crippen molar-refractivity contribution in [3.8, 4) is 6.07 Å². The first-order valence-corrected chi connectivity index (χ1v) is 5.86. The van der Waals surface area contributed by atoms with Crippen LogP contribution in [0.25, 0.3) is 0 Å².